The summed E-state index contributed by atoms with van der Waals surface area (Å²) in [5.41, 5.74) is 1.82. The summed E-state index contributed by atoms with van der Waals surface area (Å²) in [6.45, 7) is 7.10. The molecule has 0 aromatic heterocycles. The summed E-state index contributed by atoms with van der Waals surface area (Å²) in [5.74, 6) is -0.720. The van der Waals surface area contributed by atoms with Crippen molar-refractivity contribution in [2.75, 3.05) is 23.4 Å². The van der Waals surface area contributed by atoms with Crippen LogP contribution in [0, 0.1) is 5.92 Å². The highest BCUT2D eigenvalue weighted by Crippen LogP contribution is 2.21. The van der Waals surface area contributed by atoms with Crippen LogP contribution in [0.5, 0.6) is 0 Å². The van der Waals surface area contributed by atoms with Crippen LogP contribution in [-0.4, -0.2) is 31.1 Å². The Hall–Kier alpha value is -2.30. The maximum Gasteiger partial charge on any atom is 0.309 e. The number of ether oxygens (including phenoxy) is 1. The predicted molar refractivity (Wildman–Crippen MR) is 101 cm³/mol. The van der Waals surface area contributed by atoms with E-state index in [9.17, 15) is 9.59 Å². The van der Waals surface area contributed by atoms with Gasteiger partial charge in [0.15, 0.2) is 6.61 Å². The van der Waals surface area contributed by atoms with Crippen LogP contribution in [0.25, 0.3) is 0 Å². The minimum Gasteiger partial charge on any atom is -0.455 e. The van der Waals surface area contributed by atoms with Crippen molar-refractivity contribution in [3.63, 3.8) is 0 Å². The molecule has 0 heterocycles. The van der Waals surface area contributed by atoms with Gasteiger partial charge in [-0.3, -0.25) is 9.59 Å². The Labute approximate surface area is 150 Å². The molecule has 1 aromatic carbocycles. The zero-order chi connectivity index (χ0) is 18.2. The molecule has 1 aliphatic rings. The molecule has 1 amide bonds. The van der Waals surface area contributed by atoms with E-state index in [-0.39, 0.29) is 24.4 Å². The highest BCUT2D eigenvalue weighted by Gasteiger charge is 2.21. The molecule has 5 nitrogen and oxygen atoms in total. The molecule has 0 radical (unpaired) electrons. The van der Waals surface area contributed by atoms with E-state index in [4.69, 9.17) is 4.74 Å². The SMILES string of the molecule is CCN(c1ccc(NC(=O)COC(=O)C2CC=CCC2)cc1)C(C)C. The summed E-state index contributed by atoms with van der Waals surface area (Å²) in [6, 6.07) is 8.12. The lowest BCUT2D eigenvalue weighted by atomic mass is 9.95. The van der Waals surface area contributed by atoms with Crippen LogP contribution >= 0.6 is 0 Å². The summed E-state index contributed by atoms with van der Waals surface area (Å²) in [6.07, 6.45) is 6.45. The van der Waals surface area contributed by atoms with E-state index in [1.807, 2.05) is 30.3 Å². The van der Waals surface area contributed by atoms with Crippen molar-refractivity contribution in [1.82, 2.24) is 0 Å². The van der Waals surface area contributed by atoms with Crippen LogP contribution in [0.2, 0.25) is 0 Å². The van der Waals surface area contributed by atoms with Crippen LogP contribution in [0.3, 0.4) is 0 Å². The first-order chi connectivity index (χ1) is 12.0. The average molecular weight is 344 g/mol. The van der Waals surface area contributed by atoms with E-state index in [2.05, 4.69) is 37.1 Å². The summed E-state index contributed by atoms with van der Waals surface area (Å²) in [7, 11) is 0. The Kier molecular flexibility index (Phi) is 7.04. The number of esters is 1. The van der Waals surface area contributed by atoms with Crippen molar-refractivity contribution >= 4 is 23.3 Å². The van der Waals surface area contributed by atoms with Crippen LogP contribution in [0.1, 0.15) is 40.0 Å². The second-order valence-corrected chi connectivity index (χ2v) is 6.56. The van der Waals surface area contributed by atoms with Gasteiger partial charge in [-0.15, -0.1) is 0 Å². The molecular weight excluding hydrogens is 316 g/mol. The maximum absolute atomic E-state index is 12.0. The smallest absolute Gasteiger partial charge is 0.309 e. The van der Waals surface area contributed by atoms with E-state index in [1.165, 1.54) is 0 Å². The number of amides is 1. The molecule has 1 unspecified atom stereocenters. The number of carbonyl (C=O) groups is 2. The molecule has 0 spiro atoms. The Bertz CT molecular complexity index is 608. The van der Waals surface area contributed by atoms with Gasteiger partial charge < -0.3 is 15.0 Å². The van der Waals surface area contributed by atoms with Crippen LogP contribution in [0.4, 0.5) is 11.4 Å². The first-order valence-electron chi connectivity index (χ1n) is 8.99. The minimum absolute atomic E-state index is 0.117. The largest absolute Gasteiger partial charge is 0.455 e. The molecule has 0 saturated heterocycles. The van der Waals surface area contributed by atoms with Crippen molar-refractivity contribution in [1.29, 1.82) is 0 Å². The molecule has 0 aliphatic heterocycles. The second kappa shape index (κ2) is 9.25. The topological polar surface area (TPSA) is 58.6 Å². The number of allylic oxidation sites excluding steroid dienone is 2. The van der Waals surface area contributed by atoms with Gasteiger partial charge in [-0.25, -0.2) is 0 Å². The first kappa shape index (κ1) is 19.0. The summed E-state index contributed by atoms with van der Waals surface area (Å²) >= 11 is 0. The highest BCUT2D eigenvalue weighted by atomic mass is 16.5. The van der Waals surface area contributed by atoms with Crippen molar-refractivity contribution in [3.05, 3.63) is 36.4 Å². The van der Waals surface area contributed by atoms with Crippen LogP contribution in [-0.2, 0) is 14.3 Å². The van der Waals surface area contributed by atoms with Gasteiger partial charge in [0.2, 0.25) is 0 Å². The fraction of sp³-hybridized carbons (Fsp3) is 0.500. The molecule has 136 valence electrons. The molecule has 0 saturated carbocycles. The zero-order valence-corrected chi connectivity index (χ0v) is 15.3. The number of anilines is 2. The predicted octanol–water partition coefficient (Wildman–Crippen LogP) is 3.76. The average Bonchev–Trinajstić information content (AvgIpc) is 2.62. The number of benzene rings is 1. The molecule has 2 rings (SSSR count). The third-order valence-electron chi connectivity index (χ3n) is 4.39. The number of nitrogens with zero attached hydrogens (tertiary/aromatic N) is 1. The summed E-state index contributed by atoms with van der Waals surface area (Å²) < 4.78 is 5.13. The van der Waals surface area contributed by atoms with Crippen molar-refractivity contribution in [2.24, 2.45) is 5.92 Å². The third-order valence-corrected chi connectivity index (χ3v) is 4.39. The lowest BCUT2D eigenvalue weighted by Crippen LogP contribution is -2.30. The monoisotopic (exact) mass is 344 g/mol. The Morgan fingerprint density at radius 1 is 1.24 bits per heavy atom. The van der Waals surface area contributed by atoms with Crippen LogP contribution < -0.4 is 10.2 Å². The highest BCUT2D eigenvalue weighted by molar-refractivity contribution is 5.93. The van der Waals surface area contributed by atoms with E-state index in [0.29, 0.717) is 18.2 Å². The lowest BCUT2D eigenvalue weighted by molar-refractivity contribution is -0.151. The van der Waals surface area contributed by atoms with Gasteiger partial charge in [0.25, 0.3) is 5.91 Å². The number of rotatable bonds is 7. The normalized spacial score (nSPS) is 16.6. The van der Waals surface area contributed by atoms with Crippen LogP contribution in [0.15, 0.2) is 36.4 Å². The third kappa shape index (κ3) is 5.62. The quantitative estimate of drug-likeness (QED) is 0.604. The molecule has 1 N–H and O–H groups in total. The Morgan fingerprint density at radius 2 is 1.96 bits per heavy atom. The Balaban J connectivity index is 1.82. The van der Waals surface area contributed by atoms with E-state index < -0.39 is 0 Å². The van der Waals surface area contributed by atoms with E-state index in [1.54, 1.807) is 0 Å². The number of hydrogen-bond acceptors (Lipinski definition) is 4. The molecule has 0 bridgehead atoms. The standard InChI is InChI=1S/C20H28N2O3/c1-4-22(15(2)3)18-12-10-17(11-13-18)21-19(23)14-25-20(24)16-8-6-5-7-9-16/h5-6,10-13,15-16H,4,7-9,14H2,1-3H3,(H,21,23). The van der Waals surface area contributed by atoms with Gasteiger partial charge in [-0.05, 0) is 64.3 Å². The minimum atomic E-state index is -0.316. The fourth-order valence-electron chi connectivity index (χ4n) is 3.04. The van der Waals surface area contributed by atoms with Gasteiger partial charge >= 0.3 is 5.97 Å². The van der Waals surface area contributed by atoms with Crippen molar-refractivity contribution in [2.45, 2.75) is 46.1 Å². The van der Waals surface area contributed by atoms with Gasteiger partial charge in [-0.2, -0.15) is 0 Å². The van der Waals surface area contributed by atoms with Crippen molar-refractivity contribution < 1.29 is 14.3 Å². The number of nitrogens with one attached hydrogen (secondary N) is 1. The number of carbonyl (C=O) groups excluding carboxylic acids is 2. The fourth-order valence-corrected chi connectivity index (χ4v) is 3.04. The van der Waals surface area contributed by atoms with E-state index >= 15 is 0 Å². The molecule has 1 aromatic rings. The van der Waals surface area contributed by atoms with Gasteiger partial charge in [0.05, 0.1) is 5.92 Å². The zero-order valence-electron chi connectivity index (χ0n) is 15.3. The van der Waals surface area contributed by atoms with E-state index in [0.717, 1.165) is 25.1 Å². The second-order valence-electron chi connectivity index (χ2n) is 6.56. The summed E-state index contributed by atoms with van der Waals surface area (Å²) in [4.78, 5) is 26.2. The van der Waals surface area contributed by atoms with Gasteiger partial charge in [0.1, 0.15) is 0 Å². The van der Waals surface area contributed by atoms with Gasteiger partial charge in [-0.1, -0.05) is 12.2 Å². The molecule has 1 aliphatic carbocycles. The van der Waals surface area contributed by atoms with Crippen molar-refractivity contribution in [3.8, 4) is 0 Å². The molecule has 0 fully saturated rings. The van der Waals surface area contributed by atoms with Gasteiger partial charge in [0, 0.05) is 24.0 Å². The maximum atomic E-state index is 12.0. The molecule has 25 heavy (non-hydrogen) atoms. The lowest BCUT2D eigenvalue weighted by Gasteiger charge is -2.27. The number of hydrogen-bond donors (Lipinski definition) is 1. The molecular formula is C20H28N2O3. The Morgan fingerprint density at radius 3 is 2.52 bits per heavy atom. The first-order valence-corrected chi connectivity index (χ1v) is 8.99. The molecule has 5 heteroatoms. The molecule has 1 atom stereocenters. The summed E-state index contributed by atoms with van der Waals surface area (Å²) in [5, 5.41) is 2.76.